The second-order valence-corrected chi connectivity index (χ2v) is 6.59. The number of ether oxygens (including phenoxy) is 5. The van der Waals surface area contributed by atoms with Gasteiger partial charge in [-0.05, 0) is 30.3 Å². The van der Waals surface area contributed by atoms with E-state index in [4.69, 9.17) is 28.8 Å². The second kappa shape index (κ2) is 8.43. The van der Waals surface area contributed by atoms with Gasteiger partial charge in [0.1, 0.15) is 5.69 Å². The van der Waals surface area contributed by atoms with E-state index in [1.807, 2.05) is 42.5 Å². The first kappa shape index (κ1) is 20.3. The maximum atomic E-state index is 5.50. The molecule has 0 radical (unpaired) electrons. The van der Waals surface area contributed by atoms with E-state index in [-0.39, 0.29) is 0 Å². The summed E-state index contributed by atoms with van der Waals surface area (Å²) >= 11 is 0. The van der Waals surface area contributed by atoms with Crippen LogP contribution in [-0.4, -0.2) is 50.3 Å². The van der Waals surface area contributed by atoms with Crippen LogP contribution in [0.25, 0.3) is 28.0 Å². The highest BCUT2D eigenvalue weighted by molar-refractivity contribution is 5.92. The third-order valence-electron chi connectivity index (χ3n) is 4.99. The maximum Gasteiger partial charge on any atom is 0.203 e. The molecule has 31 heavy (non-hydrogen) atoms. The van der Waals surface area contributed by atoms with Crippen molar-refractivity contribution in [1.82, 2.24) is 14.8 Å². The summed E-state index contributed by atoms with van der Waals surface area (Å²) in [6, 6.07) is 13.2. The Labute approximate surface area is 179 Å². The highest BCUT2D eigenvalue weighted by Crippen LogP contribution is 2.41. The zero-order valence-corrected chi connectivity index (χ0v) is 18.0. The summed E-state index contributed by atoms with van der Waals surface area (Å²) in [7, 11) is 7.94. The molecular formula is C23H23N3O5. The van der Waals surface area contributed by atoms with Crippen LogP contribution in [0.5, 0.6) is 28.7 Å². The Balaban J connectivity index is 1.95. The van der Waals surface area contributed by atoms with Crippen LogP contribution in [0.3, 0.4) is 0 Å². The summed E-state index contributed by atoms with van der Waals surface area (Å²) in [5.41, 5.74) is 3.06. The predicted octanol–water partition coefficient (Wildman–Crippen LogP) is 4.13. The fraction of sp³-hybridized carbons (Fsp3) is 0.217. The van der Waals surface area contributed by atoms with Gasteiger partial charge in [-0.2, -0.15) is 5.10 Å². The minimum Gasteiger partial charge on any atom is -0.493 e. The number of fused-ring (bicyclic) bond motifs is 1. The van der Waals surface area contributed by atoms with Crippen LogP contribution in [-0.2, 0) is 0 Å². The zero-order valence-electron chi connectivity index (χ0n) is 18.0. The van der Waals surface area contributed by atoms with Crippen LogP contribution in [0.2, 0.25) is 0 Å². The number of aromatic nitrogens is 3. The van der Waals surface area contributed by atoms with Gasteiger partial charge in [-0.15, -0.1) is 0 Å². The van der Waals surface area contributed by atoms with Crippen molar-refractivity contribution in [2.75, 3.05) is 35.5 Å². The van der Waals surface area contributed by atoms with E-state index < -0.39 is 0 Å². The molecule has 0 amide bonds. The van der Waals surface area contributed by atoms with E-state index in [1.165, 1.54) is 0 Å². The highest BCUT2D eigenvalue weighted by atomic mass is 16.5. The van der Waals surface area contributed by atoms with Crippen LogP contribution in [0.15, 0.2) is 48.7 Å². The van der Waals surface area contributed by atoms with Crippen LogP contribution >= 0.6 is 0 Å². The fourth-order valence-electron chi connectivity index (χ4n) is 3.52. The molecule has 0 aliphatic heterocycles. The summed E-state index contributed by atoms with van der Waals surface area (Å²) < 4.78 is 29.0. The lowest BCUT2D eigenvalue weighted by Gasteiger charge is -2.14. The van der Waals surface area contributed by atoms with E-state index in [1.54, 1.807) is 46.4 Å². The van der Waals surface area contributed by atoms with Gasteiger partial charge in [-0.1, -0.05) is 0 Å². The Morgan fingerprint density at radius 3 is 2.00 bits per heavy atom. The Kier molecular flexibility index (Phi) is 5.53. The lowest BCUT2D eigenvalue weighted by molar-refractivity contribution is 0.324. The Hall–Kier alpha value is -3.94. The molecule has 0 saturated heterocycles. The first-order valence-corrected chi connectivity index (χ1v) is 9.51. The van der Waals surface area contributed by atoms with Gasteiger partial charge < -0.3 is 23.7 Å². The quantitative estimate of drug-likeness (QED) is 0.444. The molecule has 4 rings (SSSR count). The summed E-state index contributed by atoms with van der Waals surface area (Å²) in [5, 5.41) is 5.77. The smallest absolute Gasteiger partial charge is 0.203 e. The Morgan fingerprint density at radius 2 is 1.39 bits per heavy atom. The minimum absolute atomic E-state index is 0.512. The average Bonchev–Trinajstić information content (AvgIpc) is 3.22. The van der Waals surface area contributed by atoms with Crippen LogP contribution in [0.4, 0.5) is 0 Å². The SMILES string of the molecule is COc1ccc(-c2nn(-c3cc(OC)c(OC)c(OC)c3)c3ncccc23)cc1OC. The average molecular weight is 421 g/mol. The molecule has 0 atom stereocenters. The summed E-state index contributed by atoms with van der Waals surface area (Å²) in [6.45, 7) is 0. The number of hydrogen-bond donors (Lipinski definition) is 0. The van der Waals surface area contributed by atoms with E-state index in [0.717, 1.165) is 22.3 Å². The van der Waals surface area contributed by atoms with Gasteiger partial charge >= 0.3 is 0 Å². The molecule has 8 heteroatoms. The molecule has 0 N–H and O–H groups in total. The zero-order chi connectivity index (χ0) is 22.0. The van der Waals surface area contributed by atoms with Crippen molar-refractivity contribution < 1.29 is 23.7 Å². The normalized spacial score (nSPS) is 10.7. The molecule has 8 nitrogen and oxygen atoms in total. The fourth-order valence-corrected chi connectivity index (χ4v) is 3.52. The third kappa shape index (κ3) is 3.46. The van der Waals surface area contributed by atoms with Gasteiger partial charge in [0.15, 0.2) is 28.6 Å². The largest absolute Gasteiger partial charge is 0.493 e. The third-order valence-corrected chi connectivity index (χ3v) is 4.99. The molecule has 4 aromatic rings. The molecule has 2 aromatic carbocycles. The Morgan fingerprint density at radius 1 is 0.710 bits per heavy atom. The van der Waals surface area contributed by atoms with Gasteiger partial charge in [0, 0.05) is 29.3 Å². The van der Waals surface area contributed by atoms with Gasteiger partial charge in [0.05, 0.1) is 41.2 Å². The summed E-state index contributed by atoms with van der Waals surface area (Å²) in [4.78, 5) is 4.57. The molecule has 0 fully saturated rings. The topological polar surface area (TPSA) is 76.9 Å². The maximum absolute atomic E-state index is 5.50. The van der Waals surface area contributed by atoms with E-state index in [9.17, 15) is 0 Å². The summed E-state index contributed by atoms with van der Waals surface area (Å²) in [6.07, 6.45) is 1.73. The van der Waals surface area contributed by atoms with Crippen molar-refractivity contribution in [3.8, 4) is 45.7 Å². The van der Waals surface area contributed by atoms with Gasteiger partial charge in [0.25, 0.3) is 0 Å². The number of benzene rings is 2. The molecular weight excluding hydrogens is 398 g/mol. The highest BCUT2D eigenvalue weighted by Gasteiger charge is 2.19. The van der Waals surface area contributed by atoms with Crippen LogP contribution in [0.1, 0.15) is 0 Å². The standard InChI is InChI=1S/C23H23N3O5/c1-27-17-9-8-14(11-18(17)28-2)21-16-7-6-10-24-23(16)26(25-21)15-12-19(29-3)22(31-5)20(13-15)30-4/h6-13H,1-5H3. The molecule has 2 heterocycles. The number of pyridine rings is 1. The van der Waals surface area contributed by atoms with E-state index in [0.29, 0.717) is 34.4 Å². The lowest BCUT2D eigenvalue weighted by atomic mass is 10.1. The van der Waals surface area contributed by atoms with Crippen molar-refractivity contribution in [1.29, 1.82) is 0 Å². The first-order chi connectivity index (χ1) is 15.1. The van der Waals surface area contributed by atoms with Gasteiger partial charge in [0.2, 0.25) is 5.75 Å². The van der Waals surface area contributed by atoms with Crippen molar-refractivity contribution >= 4 is 11.0 Å². The van der Waals surface area contributed by atoms with Gasteiger partial charge in [-0.3, -0.25) is 0 Å². The molecule has 0 unspecified atom stereocenters. The lowest BCUT2D eigenvalue weighted by Crippen LogP contribution is -2.02. The minimum atomic E-state index is 0.512. The number of methoxy groups -OCH3 is 5. The van der Waals surface area contributed by atoms with Crippen molar-refractivity contribution in [3.05, 3.63) is 48.7 Å². The van der Waals surface area contributed by atoms with E-state index >= 15 is 0 Å². The first-order valence-electron chi connectivity index (χ1n) is 9.51. The van der Waals surface area contributed by atoms with Gasteiger partial charge in [-0.25, -0.2) is 9.67 Å². The number of hydrogen-bond acceptors (Lipinski definition) is 7. The van der Waals surface area contributed by atoms with Crippen molar-refractivity contribution in [2.45, 2.75) is 0 Å². The van der Waals surface area contributed by atoms with Crippen molar-refractivity contribution in [3.63, 3.8) is 0 Å². The van der Waals surface area contributed by atoms with Crippen LogP contribution < -0.4 is 23.7 Å². The molecule has 160 valence electrons. The molecule has 2 aromatic heterocycles. The second-order valence-electron chi connectivity index (χ2n) is 6.59. The number of rotatable bonds is 7. The predicted molar refractivity (Wildman–Crippen MR) is 117 cm³/mol. The molecule has 0 saturated carbocycles. The van der Waals surface area contributed by atoms with Crippen molar-refractivity contribution in [2.24, 2.45) is 0 Å². The summed E-state index contributed by atoms with van der Waals surface area (Å²) in [5.74, 6) is 2.85. The molecule has 0 aliphatic rings. The Bertz CT molecular complexity index is 1210. The molecule has 0 aliphatic carbocycles. The monoisotopic (exact) mass is 421 g/mol. The molecule has 0 spiro atoms. The van der Waals surface area contributed by atoms with E-state index in [2.05, 4.69) is 4.98 Å². The van der Waals surface area contributed by atoms with Crippen LogP contribution in [0, 0.1) is 0 Å². The number of nitrogens with zero attached hydrogens (tertiary/aromatic N) is 3. The molecule has 0 bridgehead atoms.